The topological polar surface area (TPSA) is 276 Å². The molecular weight excluding hydrogens is 426 g/mol. The van der Waals surface area contributed by atoms with Crippen molar-refractivity contribution in [1.29, 1.82) is 0 Å². The summed E-state index contributed by atoms with van der Waals surface area (Å²) >= 11 is 0. The average Bonchev–Trinajstić information content (AvgIpc) is 2.65. The lowest BCUT2D eigenvalue weighted by Gasteiger charge is -1.82. The van der Waals surface area contributed by atoms with Crippen molar-refractivity contribution >= 4 is 41.6 Å². The molecule has 0 fully saturated rings. The summed E-state index contributed by atoms with van der Waals surface area (Å²) in [6.45, 7) is 0. The second-order valence-corrected chi connectivity index (χ2v) is 4.16. The van der Waals surface area contributed by atoms with E-state index in [-0.39, 0.29) is 0 Å². The monoisotopic (exact) mass is 443 g/mol. The number of aromatic nitrogens is 2. The van der Waals surface area contributed by atoms with Gasteiger partial charge in [-0.15, -0.1) is 0 Å². The fourth-order valence-electron chi connectivity index (χ4n) is 0.729. The van der Waals surface area contributed by atoms with Crippen molar-refractivity contribution in [3.05, 3.63) is 55.0 Å². The Morgan fingerprint density at radius 3 is 0.968 bits per heavy atom. The van der Waals surface area contributed by atoms with Gasteiger partial charge in [0.25, 0.3) is 0 Å². The van der Waals surface area contributed by atoms with Crippen LogP contribution in [0.2, 0.25) is 0 Å². The van der Waals surface area contributed by atoms with Crippen molar-refractivity contribution in [3.63, 3.8) is 0 Å². The van der Waals surface area contributed by atoms with Gasteiger partial charge in [-0.3, -0.25) is 0 Å². The third-order valence-electron chi connectivity index (χ3n) is 1.71. The van der Waals surface area contributed by atoms with E-state index >= 15 is 0 Å². The van der Waals surface area contributed by atoms with Gasteiger partial charge >= 0.3 is 35.8 Å². The molecule has 0 aromatic carbocycles. The zero-order chi connectivity index (χ0) is 24.8. The van der Waals surface area contributed by atoms with Gasteiger partial charge in [0.1, 0.15) is 12.1 Å². The van der Waals surface area contributed by atoms with Crippen LogP contribution in [0.5, 0.6) is 0 Å². The maximum absolute atomic E-state index is 9.55. The molecule has 15 heteroatoms. The van der Waals surface area contributed by atoms with Crippen molar-refractivity contribution in [2.24, 2.45) is 0 Å². The fraction of sp³-hybridized carbons (Fsp3) is 0. The summed E-state index contributed by atoms with van der Waals surface area (Å²) in [5.41, 5.74) is 5.21. The fourth-order valence-corrected chi connectivity index (χ4v) is 0.729. The van der Waals surface area contributed by atoms with Crippen molar-refractivity contribution in [3.8, 4) is 0 Å². The summed E-state index contributed by atoms with van der Waals surface area (Å²) < 4.78 is 0. The number of carboxylic acids is 6. The Kier molecular flexibility index (Phi) is 19.4. The van der Waals surface area contributed by atoms with Crippen LogP contribution in [0, 0.1) is 0 Å². The van der Waals surface area contributed by atoms with Crippen LogP contribution in [0.3, 0.4) is 0 Å². The van der Waals surface area contributed by atoms with E-state index in [1.165, 1.54) is 6.33 Å². The minimum absolute atomic E-state index is 0.509. The van der Waals surface area contributed by atoms with Crippen LogP contribution in [-0.2, 0) is 28.8 Å². The van der Waals surface area contributed by atoms with Crippen molar-refractivity contribution in [2.45, 2.75) is 0 Å². The number of nitrogens with zero attached hydrogens (tertiary/aromatic N) is 2. The molecule has 0 aliphatic carbocycles. The number of nitrogens with two attached hydrogens (primary N) is 1. The van der Waals surface area contributed by atoms with Crippen LogP contribution in [-0.4, -0.2) is 76.4 Å². The number of hydrogen-bond acceptors (Lipinski definition) is 9. The van der Waals surface area contributed by atoms with Gasteiger partial charge in [0, 0.05) is 42.7 Å². The molecule has 31 heavy (non-hydrogen) atoms. The Morgan fingerprint density at radius 2 is 0.871 bits per heavy atom. The molecule has 0 aliphatic rings. The highest BCUT2D eigenvalue weighted by Crippen LogP contribution is 1.86. The van der Waals surface area contributed by atoms with Gasteiger partial charge in [0.05, 0.1) is 0 Å². The van der Waals surface area contributed by atoms with Crippen molar-refractivity contribution < 1.29 is 59.4 Å². The molecule has 8 N–H and O–H groups in total. The van der Waals surface area contributed by atoms with E-state index in [4.69, 9.17) is 36.4 Å². The first-order chi connectivity index (χ1) is 14.3. The Bertz CT molecular complexity index is 703. The minimum Gasteiger partial charge on any atom is -0.478 e. The summed E-state index contributed by atoms with van der Waals surface area (Å²) in [4.78, 5) is 64.6. The third kappa shape index (κ3) is 40.8. The number of carboxylic acid groups (broad SMARTS) is 6. The first-order valence-electron chi connectivity index (χ1n) is 7.21. The second kappa shape index (κ2) is 19.7. The van der Waals surface area contributed by atoms with Gasteiger partial charge in [-0.1, -0.05) is 0 Å². The SMILES string of the molecule is Nc1ccncn1.O=C(O)/C=C\C(=O)O.O=C(O)/C=C\C(=O)O.O=C(O)/C=C\C(=O)O. The molecule has 0 spiro atoms. The molecular formula is C16H17N3O12. The molecule has 0 unspecified atom stereocenters. The Balaban J connectivity index is -0.000000337. The highest BCUT2D eigenvalue weighted by Gasteiger charge is 1.89. The van der Waals surface area contributed by atoms with Gasteiger partial charge in [-0.2, -0.15) is 0 Å². The number of anilines is 1. The van der Waals surface area contributed by atoms with E-state index in [0.29, 0.717) is 42.3 Å². The maximum atomic E-state index is 9.55. The largest absolute Gasteiger partial charge is 0.478 e. The van der Waals surface area contributed by atoms with E-state index in [1.807, 2.05) is 0 Å². The van der Waals surface area contributed by atoms with Crippen molar-refractivity contribution in [1.82, 2.24) is 9.97 Å². The summed E-state index contributed by atoms with van der Waals surface area (Å²) in [6, 6.07) is 1.64. The quantitative estimate of drug-likeness (QED) is 0.265. The first-order valence-corrected chi connectivity index (χ1v) is 7.21. The van der Waals surface area contributed by atoms with E-state index in [1.54, 1.807) is 12.3 Å². The summed E-state index contributed by atoms with van der Waals surface area (Å²) in [5.74, 6) is -7.03. The van der Waals surface area contributed by atoms with Gasteiger partial charge in [0.15, 0.2) is 0 Å². The first kappa shape index (κ1) is 30.6. The van der Waals surface area contributed by atoms with E-state index in [0.717, 1.165) is 0 Å². The molecule has 0 atom stereocenters. The molecule has 0 saturated heterocycles. The Morgan fingerprint density at radius 1 is 0.613 bits per heavy atom. The predicted molar refractivity (Wildman–Crippen MR) is 99.7 cm³/mol. The molecule has 1 rings (SSSR count). The van der Waals surface area contributed by atoms with Gasteiger partial charge in [-0.05, 0) is 6.07 Å². The summed E-state index contributed by atoms with van der Waals surface area (Å²) in [5, 5.41) is 46.9. The van der Waals surface area contributed by atoms with Crippen LogP contribution in [0.25, 0.3) is 0 Å². The lowest BCUT2D eigenvalue weighted by atomic mass is 10.5. The molecule has 0 amide bonds. The summed E-state index contributed by atoms with van der Waals surface area (Å²) in [6.07, 6.45) is 6.36. The molecule has 168 valence electrons. The number of rotatable bonds is 6. The lowest BCUT2D eigenvalue weighted by Crippen LogP contribution is -1.91. The molecule has 0 radical (unpaired) electrons. The molecule has 1 aromatic heterocycles. The van der Waals surface area contributed by atoms with Gasteiger partial charge in [-0.25, -0.2) is 38.7 Å². The number of nitrogen functional groups attached to an aromatic ring is 1. The highest BCUT2D eigenvalue weighted by molar-refractivity contribution is 5.90. The van der Waals surface area contributed by atoms with Crippen LogP contribution in [0.1, 0.15) is 0 Å². The second-order valence-electron chi connectivity index (χ2n) is 4.16. The average molecular weight is 443 g/mol. The number of hydrogen-bond donors (Lipinski definition) is 7. The van der Waals surface area contributed by atoms with Gasteiger partial charge < -0.3 is 36.4 Å². The molecule has 0 saturated carbocycles. The summed E-state index contributed by atoms with van der Waals surface area (Å²) in [7, 11) is 0. The number of carbonyl (C=O) groups is 6. The molecule has 15 nitrogen and oxygen atoms in total. The predicted octanol–water partition coefficient (Wildman–Crippen LogP) is -0.806. The molecule has 1 aromatic rings. The van der Waals surface area contributed by atoms with Crippen LogP contribution >= 0.6 is 0 Å². The van der Waals surface area contributed by atoms with Crippen molar-refractivity contribution in [2.75, 3.05) is 5.73 Å². The minimum atomic E-state index is -1.26. The van der Waals surface area contributed by atoms with E-state index < -0.39 is 35.8 Å². The number of aliphatic carboxylic acids is 6. The van der Waals surface area contributed by atoms with Crippen LogP contribution < -0.4 is 5.73 Å². The Labute approximate surface area is 172 Å². The zero-order valence-electron chi connectivity index (χ0n) is 15.3. The zero-order valence-corrected chi connectivity index (χ0v) is 15.3. The van der Waals surface area contributed by atoms with Gasteiger partial charge in [0.2, 0.25) is 0 Å². The normalized spacial score (nSPS) is 9.29. The molecule has 0 bridgehead atoms. The third-order valence-corrected chi connectivity index (χ3v) is 1.71. The lowest BCUT2D eigenvalue weighted by molar-refractivity contribution is -0.134. The molecule has 1 heterocycles. The highest BCUT2D eigenvalue weighted by atomic mass is 16.4. The van der Waals surface area contributed by atoms with Crippen LogP contribution in [0.4, 0.5) is 5.82 Å². The van der Waals surface area contributed by atoms with Crippen LogP contribution in [0.15, 0.2) is 55.0 Å². The van der Waals surface area contributed by atoms with E-state index in [9.17, 15) is 28.8 Å². The van der Waals surface area contributed by atoms with E-state index in [2.05, 4.69) is 9.97 Å². The smallest absolute Gasteiger partial charge is 0.328 e. The molecule has 0 aliphatic heterocycles. The Hall–Kier alpha value is -5.08. The standard InChI is InChI=1S/C4H5N3.3C4H4O4/c5-4-1-2-6-3-7-4;3*5-3(6)1-2-4(7)8/h1-3H,(H2,5,6,7);3*1-2H,(H,5,6)(H,7,8)/b;3*2-1-. The maximum Gasteiger partial charge on any atom is 0.328 e.